The Morgan fingerprint density at radius 3 is 2.61 bits per heavy atom. The highest BCUT2D eigenvalue weighted by Crippen LogP contribution is 2.19. The summed E-state index contributed by atoms with van der Waals surface area (Å²) in [5.41, 5.74) is 2.00. The van der Waals surface area contributed by atoms with Gasteiger partial charge in [0.1, 0.15) is 17.3 Å². The summed E-state index contributed by atoms with van der Waals surface area (Å²) < 4.78 is 18.4. The second-order valence-corrected chi connectivity index (χ2v) is 5.16. The van der Waals surface area contributed by atoms with Gasteiger partial charge in [0.15, 0.2) is 0 Å². The van der Waals surface area contributed by atoms with Gasteiger partial charge in [-0.25, -0.2) is 4.39 Å². The van der Waals surface area contributed by atoms with E-state index in [0.29, 0.717) is 17.9 Å². The van der Waals surface area contributed by atoms with E-state index in [-0.39, 0.29) is 11.7 Å². The van der Waals surface area contributed by atoms with E-state index >= 15 is 0 Å². The van der Waals surface area contributed by atoms with Crippen molar-refractivity contribution in [1.82, 2.24) is 10.3 Å². The van der Waals surface area contributed by atoms with Gasteiger partial charge in [-0.3, -0.25) is 9.78 Å². The highest BCUT2D eigenvalue weighted by atomic mass is 19.1. The molecule has 0 spiro atoms. The number of pyridine rings is 1. The molecule has 23 heavy (non-hydrogen) atoms. The summed E-state index contributed by atoms with van der Waals surface area (Å²) in [6.07, 6.45) is 3.13. The lowest BCUT2D eigenvalue weighted by atomic mass is 10.1. The topological polar surface area (TPSA) is 55.1 Å². The molecule has 5 heteroatoms. The molecule has 0 fully saturated rings. The fourth-order valence-corrected chi connectivity index (χ4v) is 2.21. The van der Waals surface area contributed by atoms with Crippen molar-refractivity contribution < 1.29 is 13.6 Å². The van der Waals surface area contributed by atoms with Crippen molar-refractivity contribution in [3.8, 4) is 11.1 Å². The highest BCUT2D eigenvalue weighted by Gasteiger charge is 2.09. The fraction of sp³-hybridized carbons (Fsp3) is 0.111. The van der Waals surface area contributed by atoms with Crippen molar-refractivity contribution in [2.75, 3.05) is 0 Å². The van der Waals surface area contributed by atoms with E-state index in [1.807, 2.05) is 19.1 Å². The van der Waals surface area contributed by atoms with E-state index in [0.717, 1.165) is 16.9 Å². The van der Waals surface area contributed by atoms with Crippen molar-refractivity contribution in [3.05, 3.63) is 77.8 Å². The maximum atomic E-state index is 13.0. The van der Waals surface area contributed by atoms with Crippen LogP contribution < -0.4 is 5.32 Å². The van der Waals surface area contributed by atoms with Crippen LogP contribution in [0.1, 0.15) is 21.9 Å². The van der Waals surface area contributed by atoms with Crippen LogP contribution in [0.25, 0.3) is 11.1 Å². The third-order valence-electron chi connectivity index (χ3n) is 3.40. The van der Waals surface area contributed by atoms with Gasteiger partial charge in [0, 0.05) is 18.0 Å². The number of amides is 1. The van der Waals surface area contributed by atoms with E-state index in [2.05, 4.69) is 10.3 Å². The van der Waals surface area contributed by atoms with Gasteiger partial charge in [-0.05, 0) is 42.8 Å². The van der Waals surface area contributed by atoms with Gasteiger partial charge in [-0.2, -0.15) is 0 Å². The summed E-state index contributed by atoms with van der Waals surface area (Å²) in [5, 5.41) is 2.78. The molecule has 0 atom stereocenters. The first-order chi connectivity index (χ1) is 11.1. The maximum absolute atomic E-state index is 13.0. The van der Waals surface area contributed by atoms with Crippen LogP contribution >= 0.6 is 0 Å². The molecule has 0 radical (unpaired) electrons. The largest absolute Gasteiger partial charge is 0.465 e. The number of rotatable bonds is 4. The maximum Gasteiger partial charge on any atom is 0.253 e. The van der Waals surface area contributed by atoms with Gasteiger partial charge in [-0.1, -0.05) is 12.1 Å². The molecule has 2 aromatic heterocycles. The number of aryl methyl sites for hydroxylation is 1. The van der Waals surface area contributed by atoms with E-state index in [9.17, 15) is 9.18 Å². The molecule has 3 rings (SSSR count). The number of benzene rings is 1. The van der Waals surface area contributed by atoms with Crippen LogP contribution in [0.3, 0.4) is 0 Å². The number of hydrogen-bond acceptors (Lipinski definition) is 3. The van der Waals surface area contributed by atoms with Gasteiger partial charge >= 0.3 is 0 Å². The van der Waals surface area contributed by atoms with Crippen molar-refractivity contribution >= 4 is 5.91 Å². The minimum absolute atomic E-state index is 0.240. The molecule has 0 saturated heterocycles. The predicted molar refractivity (Wildman–Crippen MR) is 84.2 cm³/mol. The number of carbonyl (C=O) groups is 1. The molecule has 0 aliphatic rings. The highest BCUT2D eigenvalue weighted by molar-refractivity contribution is 5.94. The first kappa shape index (κ1) is 15.0. The average Bonchev–Trinajstić information content (AvgIpc) is 2.99. The van der Waals surface area contributed by atoms with Crippen molar-refractivity contribution in [2.24, 2.45) is 0 Å². The molecule has 2 heterocycles. The minimum atomic E-state index is -0.302. The molecule has 0 aliphatic carbocycles. The van der Waals surface area contributed by atoms with Crippen LogP contribution in [0.5, 0.6) is 0 Å². The van der Waals surface area contributed by atoms with Crippen molar-refractivity contribution in [3.63, 3.8) is 0 Å². The van der Waals surface area contributed by atoms with Crippen molar-refractivity contribution in [2.45, 2.75) is 13.5 Å². The summed E-state index contributed by atoms with van der Waals surface area (Å²) in [7, 11) is 0. The molecular weight excluding hydrogens is 295 g/mol. The number of nitrogens with zero attached hydrogens (tertiary/aromatic N) is 1. The zero-order valence-electron chi connectivity index (χ0n) is 12.5. The Bertz CT molecular complexity index is 825. The predicted octanol–water partition coefficient (Wildman–Crippen LogP) is 3.72. The quantitative estimate of drug-likeness (QED) is 0.799. The Labute approximate surface area is 133 Å². The number of nitrogens with one attached hydrogen (secondary N) is 1. The average molecular weight is 310 g/mol. The van der Waals surface area contributed by atoms with Crippen molar-refractivity contribution in [1.29, 1.82) is 0 Å². The van der Waals surface area contributed by atoms with E-state index in [1.54, 1.807) is 24.4 Å². The van der Waals surface area contributed by atoms with Gasteiger partial charge in [0.25, 0.3) is 5.91 Å². The van der Waals surface area contributed by atoms with Gasteiger partial charge in [0.2, 0.25) is 0 Å². The lowest BCUT2D eigenvalue weighted by Crippen LogP contribution is -2.22. The Morgan fingerprint density at radius 2 is 1.91 bits per heavy atom. The molecule has 1 N–H and O–H groups in total. The second kappa shape index (κ2) is 6.44. The summed E-state index contributed by atoms with van der Waals surface area (Å²) in [5.74, 6) is 0.951. The first-order valence-corrected chi connectivity index (χ1v) is 7.16. The van der Waals surface area contributed by atoms with Crippen LogP contribution in [0.15, 0.2) is 59.3 Å². The molecule has 3 aromatic rings. The number of furan rings is 1. The zero-order valence-corrected chi connectivity index (χ0v) is 12.5. The smallest absolute Gasteiger partial charge is 0.253 e. The third kappa shape index (κ3) is 3.63. The Hall–Kier alpha value is -2.95. The van der Waals surface area contributed by atoms with E-state index < -0.39 is 0 Å². The van der Waals surface area contributed by atoms with Gasteiger partial charge < -0.3 is 9.73 Å². The first-order valence-electron chi connectivity index (χ1n) is 7.16. The summed E-state index contributed by atoms with van der Waals surface area (Å²) in [4.78, 5) is 16.3. The van der Waals surface area contributed by atoms with Crippen LogP contribution in [-0.4, -0.2) is 10.9 Å². The normalized spacial score (nSPS) is 10.5. The lowest BCUT2D eigenvalue weighted by molar-refractivity contribution is 0.0947. The molecular formula is C18H15FN2O2. The lowest BCUT2D eigenvalue weighted by Gasteiger charge is -2.06. The Balaban J connectivity index is 1.73. The molecule has 116 valence electrons. The molecule has 1 amide bonds. The number of hydrogen-bond donors (Lipinski definition) is 1. The summed E-state index contributed by atoms with van der Waals surface area (Å²) >= 11 is 0. The molecule has 0 bridgehead atoms. The second-order valence-electron chi connectivity index (χ2n) is 5.16. The number of halogens is 1. The van der Waals surface area contributed by atoms with Gasteiger partial charge in [0.05, 0.1) is 12.1 Å². The van der Waals surface area contributed by atoms with E-state index in [1.165, 1.54) is 18.3 Å². The summed E-state index contributed by atoms with van der Waals surface area (Å²) in [6.45, 7) is 2.16. The molecule has 4 nitrogen and oxygen atoms in total. The van der Waals surface area contributed by atoms with Crippen LogP contribution in [0.2, 0.25) is 0 Å². The fourth-order valence-electron chi connectivity index (χ4n) is 2.21. The third-order valence-corrected chi connectivity index (χ3v) is 3.40. The van der Waals surface area contributed by atoms with Crippen LogP contribution in [0.4, 0.5) is 4.39 Å². The summed E-state index contributed by atoms with van der Waals surface area (Å²) in [6, 6.07) is 11.5. The van der Waals surface area contributed by atoms with Gasteiger partial charge in [-0.15, -0.1) is 0 Å². The molecule has 0 unspecified atom stereocenters. The van der Waals surface area contributed by atoms with Crippen LogP contribution in [0, 0.1) is 12.7 Å². The Kier molecular flexibility index (Phi) is 4.19. The zero-order chi connectivity index (χ0) is 16.2. The minimum Gasteiger partial charge on any atom is -0.465 e. The Morgan fingerprint density at radius 1 is 1.13 bits per heavy atom. The molecule has 0 aliphatic heterocycles. The standard InChI is InChI=1S/C18H15FN2O2/c1-12-2-7-17(23-12)11-21-18(22)15-8-14(9-20-10-15)13-3-5-16(19)6-4-13/h2-10H,11H2,1H3,(H,21,22). The molecule has 1 aromatic carbocycles. The molecule has 0 saturated carbocycles. The number of carbonyl (C=O) groups excluding carboxylic acids is 1. The van der Waals surface area contributed by atoms with E-state index in [4.69, 9.17) is 4.42 Å². The SMILES string of the molecule is Cc1ccc(CNC(=O)c2cncc(-c3ccc(F)cc3)c2)o1. The number of aromatic nitrogens is 1. The monoisotopic (exact) mass is 310 g/mol. The van der Waals surface area contributed by atoms with Crippen LogP contribution in [-0.2, 0) is 6.54 Å².